The monoisotopic (exact) mass is 200 g/mol. The van der Waals surface area contributed by atoms with Gasteiger partial charge in [-0.2, -0.15) is 0 Å². The molecule has 0 aromatic rings. The topological polar surface area (TPSA) is 54.4 Å². The van der Waals surface area contributed by atoms with E-state index in [-0.39, 0.29) is 29.8 Å². The van der Waals surface area contributed by atoms with E-state index in [2.05, 4.69) is 0 Å². The van der Waals surface area contributed by atoms with Crippen molar-refractivity contribution in [1.29, 1.82) is 0 Å². The van der Waals surface area contributed by atoms with Crippen LogP contribution in [-0.4, -0.2) is 22.3 Å². The third-order valence-electron chi connectivity index (χ3n) is 2.22. The highest BCUT2D eigenvalue weighted by atomic mass is 16.3. The molecule has 1 N–H and O–H groups in total. The van der Waals surface area contributed by atoms with Gasteiger partial charge in [-0.15, -0.1) is 0 Å². The van der Waals surface area contributed by atoms with Gasteiger partial charge in [0.2, 0.25) is 0 Å². The van der Waals surface area contributed by atoms with Crippen molar-refractivity contribution in [2.75, 3.05) is 0 Å². The molecule has 3 heteroatoms. The summed E-state index contributed by atoms with van der Waals surface area (Å²) in [5, 5.41) is 9.80. The zero-order valence-corrected chi connectivity index (χ0v) is 9.63. The predicted molar refractivity (Wildman–Crippen MR) is 54.9 cm³/mol. The number of ketones is 2. The lowest BCUT2D eigenvalue weighted by atomic mass is 9.86. The molecule has 0 fully saturated rings. The summed E-state index contributed by atoms with van der Waals surface area (Å²) in [4.78, 5) is 22.9. The molecule has 1 unspecified atom stereocenters. The van der Waals surface area contributed by atoms with Gasteiger partial charge in [0.15, 0.2) is 5.78 Å². The van der Waals surface area contributed by atoms with Gasteiger partial charge in [0.1, 0.15) is 11.4 Å². The standard InChI is InChI=1S/C11H20O3/c1-7(2)9(12)6-11(5,14)10(13)8(3)4/h7-8,14H,6H2,1-5H3. The zero-order valence-electron chi connectivity index (χ0n) is 9.63. The van der Waals surface area contributed by atoms with E-state index < -0.39 is 5.60 Å². The number of aliphatic hydroxyl groups is 1. The number of Topliss-reactive ketones (excluding diaryl/α,β-unsaturated/α-hetero) is 2. The first-order chi connectivity index (χ1) is 6.18. The molecule has 0 radical (unpaired) electrons. The molecule has 0 aromatic carbocycles. The van der Waals surface area contributed by atoms with Crippen LogP contribution < -0.4 is 0 Å². The highest BCUT2D eigenvalue weighted by molar-refractivity contribution is 5.94. The molecule has 82 valence electrons. The van der Waals surface area contributed by atoms with Gasteiger partial charge >= 0.3 is 0 Å². The summed E-state index contributed by atoms with van der Waals surface area (Å²) < 4.78 is 0. The fourth-order valence-electron chi connectivity index (χ4n) is 1.25. The Morgan fingerprint density at radius 3 is 1.86 bits per heavy atom. The van der Waals surface area contributed by atoms with Crippen LogP contribution in [-0.2, 0) is 9.59 Å². The summed E-state index contributed by atoms with van der Waals surface area (Å²) in [7, 11) is 0. The molecule has 0 saturated carbocycles. The Balaban J connectivity index is 4.49. The highest BCUT2D eigenvalue weighted by Crippen LogP contribution is 2.18. The molecule has 0 amide bonds. The second-order valence-electron chi connectivity index (χ2n) is 4.59. The summed E-state index contributed by atoms with van der Waals surface area (Å²) in [6.45, 7) is 8.37. The van der Waals surface area contributed by atoms with E-state index >= 15 is 0 Å². The molecule has 0 bridgehead atoms. The van der Waals surface area contributed by atoms with Gasteiger partial charge in [0.25, 0.3) is 0 Å². The van der Waals surface area contributed by atoms with Gasteiger partial charge in [-0.25, -0.2) is 0 Å². The third-order valence-corrected chi connectivity index (χ3v) is 2.22. The molecule has 0 aliphatic heterocycles. The second kappa shape index (κ2) is 4.69. The largest absolute Gasteiger partial charge is 0.382 e. The average molecular weight is 200 g/mol. The summed E-state index contributed by atoms with van der Waals surface area (Å²) >= 11 is 0. The van der Waals surface area contributed by atoms with Crippen LogP contribution >= 0.6 is 0 Å². The number of hydrogen-bond acceptors (Lipinski definition) is 3. The number of carbonyl (C=O) groups excluding carboxylic acids is 2. The maximum absolute atomic E-state index is 11.5. The zero-order chi connectivity index (χ0) is 11.5. The fourth-order valence-corrected chi connectivity index (χ4v) is 1.25. The van der Waals surface area contributed by atoms with Gasteiger partial charge in [-0.3, -0.25) is 9.59 Å². The maximum Gasteiger partial charge on any atom is 0.167 e. The van der Waals surface area contributed by atoms with E-state index in [1.807, 2.05) is 0 Å². The van der Waals surface area contributed by atoms with Crippen molar-refractivity contribution in [2.45, 2.75) is 46.6 Å². The van der Waals surface area contributed by atoms with E-state index in [0.29, 0.717) is 0 Å². The molecule has 0 aliphatic rings. The van der Waals surface area contributed by atoms with Gasteiger partial charge in [0.05, 0.1) is 0 Å². The molecular weight excluding hydrogens is 180 g/mol. The Hall–Kier alpha value is -0.700. The van der Waals surface area contributed by atoms with Crippen molar-refractivity contribution < 1.29 is 14.7 Å². The van der Waals surface area contributed by atoms with Crippen molar-refractivity contribution in [2.24, 2.45) is 11.8 Å². The van der Waals surface area contributed by atoms with E-state index in [1.54, 1.807) is 27.7 Å². The molecule has 14 heavy (non-hydrogen) atoms. The lowest BCUT2D eigenvalue weighted by molar-refractivity contribution is -0.144. The molecule has 0 heterocycles. The van der Waals surface area contributed by atoms with Crippen molar-refractivity contribution in [3.8, 4) is 0 Å². The predicted octanol–water partition coefficient (Wildman–Crippen LogP) is 1.58. The Morgan fingerprint density at radius 1 is 1.14 bits per heavy atom. The maximum atomic E-state index is 11.5. The second-order valence-corrected chi connectivity index (χ2v) is 4.59. The summed E-state index contributed by atoms with van der Waals surface area (Å²) in [5.41, 5.74) is -1.50. The first-order valence-corrected chi connectivity index (χ1v) is 4.98. The van der Waals surface area contributed by atoms with Gasteiger partial charge < -0.3 is 5.11 Å². The Kier molecular flexibility index (Phi) is 4.46. The van der Waals surface area contributed by atoms with Crippen molar-refractivity contribution in [3.05, 3.63) is 0 Å². The van der Waals surface area contributed by atoms with Crippen LogP contribution in [0.25, 0.3) is 0 Å². The number of carbonyl (C=O) groups is 2. The highest BCUT2D eigenvalue weighted by Gasteiger charge is 2.34. The van der Waals surface area contributed by atoms with Crippen LogP contribution in [0.4, 0.5) is 0 Å². The summed E-state index contributed by atoms with van der Waals surface area (Å²) in [6.07, 6.45) is -0.0817. The van der Waals surface area contributed by atoms with E-state index in [1.165, 1.54) is 6.92 Å². The molecule has 0 aliphatic carbocycles. The normalized spacial score (nSPS) is 15.7. The molecular formula is C11H20O3. The van der Waals surface area contributed by atoms with E-state index in [0.717, 1.165) is 0 Å². The third kappa shape index (κ3) is 3.58. The number of hydrogen-bond donors (Lipinski definition) is 1. The van der Waals surface area contributed by atoms with Crippen LogP contribution in [0.5, 0.6) is 0 Å². The fraction of sp³-hybridized carbons (Fsp3) is 0.818. The Bertz CT molecular complexity index is 227. The molecule has 1 atom stereocenters. The van der Waals surface area contributed by atoms with Crippen molar-refractivity contribution in [1.82, 2.24) is 0 Å². The molecule has 0 saturated heterocycles. The Morgan fingerprint density at radius 2 is 1.57 bits per heavy atom. The van der Waals surface area contributed by atoms with Crippen LogP contribution in [0.1, 0.15) is 41.0 Å². The quantitative estimate of drug-likeness (QED) is 0.733. The van der Waals surface area contributed by atoms with Crippen LogP contribution in [0.2, 0.25) is 0 Å². The SMILES string of the molecule is CC(C)C(=O)CC(C)(O)C(=O)C(C)C. The first-order valence-electron chi connectivity index (χ1n) is 4.98. The molecule has 0 spiro atoms. The minimum absolute atomic E-state index is 0.0796. The molecule has 0 rings (SSSR count). The van der Waals surface area contributed by atoms with Gasteiger partial charge in [0, 0.05) is 18.3 Å². The number of rotatable bonds is 5. The van der Waals surface area contributed by atoms with Crippen molar-refractivity contribution in [3.63, 3.8) is 0 Å². The van der Waals surface area contributed by atoms with Gasteiger partial charge in [-0.05, 0) is 6.92 Å². The lowest BCUT2D eigenvalue weighted by Gasteiger charge is -2.23. The Labute approximate surface area is 85.5 Å². The smallest absolute Gasteiger partial charge is 0.167 e. The van der Waals surface area contributed by atoms with Gasteiger partial charge in [-0.1, -0.05) is 27.7 Å². The van der Waals surface area contributed by atoms with Crippen LogP contribution in [0.3, 0.4) is 0 Å². The van der Waals surface area contributed by atoms with Crippen molar-refractivity contribution >= 4 is 11.6 Å². The summed E-state index contributed by atoms with van der Waals surface area (Å²) in [6, 6.07) is 0. The molecule has 0 aromatic heterocycles. The first kappa shape index (κ1) is 13.3. The van der Waals surface area contributed by atoms with E-state index in [4.69, 9.17) is 0 Å². The van der Waals surface area contributed by atoms with Crippen LogP contribution in [0, 0.1) is 11.8 Å². The minimum Gasteiger partial charge on any atom is -0.382 e. The lowest BCUT2D eigenvalue weighted by Crippen LogP contribution is -2.41. The molecule has 3 nitrogen and oxygen atoms in total. The van der Waals surface area contributed by atoms with Crippen LogP contribution in [0.15, 0.2) is 0 Å². The average Bonchev–Trinajstić information content (AvgIpc) is 2.01. The van der Waals surface area contributed by atoms with E-state index in [9.17, 15) is 14.7 Å². The summed E-state index contributed by atoms with van der Waals surface area (Å²) in [5.74, 6) is -0.734. The minimum atomic E-state index is -1.50.